The first kappa shape index (κ1) is 16.9. The van der Waals surface area contributed by atoms with Crippen LogP contribution in [0.3, 0.4) is 0 Å². The van der Waals surface area contributed by atoms with Crippen molar-refractivity contribution in [2.45, 2.75) is 25.3 Å². The highest BCUT2D eigenvalue weighted by Crippen LogP contribution is 2.26. The lowest BCUT2D eigenvalue weighted by Gasteiger charge is -2.32. The van der Waals surface area contributed by atoms with Crippen LogP contribution in [0.15, 0.2) is 59.5 Å². The van der Waals surface area contributed by atoms with Gasteiger partial charge in [0.15, 0.2) is 0 Å². The largest absolute Gasteiger partial charge is 0.361 e. The minimum atomic E-state index is -0.0650. The normalized spacial score (nSPS) is 15.5. The molecule has 2 aromatic heterocycles. The second kappa shape index (κ2) is 6.71. The molecule has 142 valence electrons. The number of carbonyl (C=O) groups excluding carboxylic acids is 1. The summed E-state index contributed by atoms with van der Waals surface area (Å²) in [6.07, 6.45) is 3.92. The van der Waals surface area contributed by atoms with E-state index in [4.69, 9.17) is 0 Å². The fraction of sp³-hybridized carbons (Fsp3) is 0.273. The molecule has 4 aromatic rings. The zero-order valence-electron chi connectivity index (χ0n) is 15.5. The Morgan fingerprint density at radius 3 is 2.54 bits per heavy atom. The van der Waals surface area contributed by atoms with Gasteiger partial charge in [0.2, 0.25) is 5.91 Å². The number of hydrogen-bond acceptors (Lipinski definition) is 2. The lowest BCUT2D eigenvalue weighted by molar-refractivity contribution is -0.131. The number of carbonyl (C=O) groups is 1. The van der Waals surface area contributed by atoms with Crippen molar-refractivity contribution in [3.8, 4) is 0 Å². The van der Waals surface area contributed by atoms with E-state index in [1.807, 2.05) is 64.2 Å². The molecule has 1 amide bonds. The summed E-state index contributed by atoms with van der Waals surface area (Å²) in [7, 11) is 0. The second-order valence-electron chi connectivity index (χ2n) is 7.47. The van der Waals surface area contributed by atoms with Crippen LogP contribution in [0.25, 0.3) is 21.9 Å². The predicted molar refractivity (Wildman–Crippen MR) is 109 cm³/mol. The summed E-state index contributed by atoms with van der Waals surface area (Å²) in [5.74, 6) is 0.148. The van der Waals surface area contributed by atoms with Gasteiger partial charge < -0.3 is 14.9 Å². The third-order valence-corrected chi connectivity index (χ3v) is 5.82. The average molecular weight is 374 g/mol. The zero-order valence-corrected chi connectivity index (χ0v) is 15.5. The maximum absolute atomic E-state index is 12.8. The minimum absolute atomic E-state index is 0.0650. The highest BCUT2D eigenvalue weighted by atomic mass is 16.2. The Morgan fingerprint density at radius 2 is 1.71 bits per heavy atom. The van der Waals surface area contributed by atoms with Crippen LogP contribution in [0.2, 0.25) is 0 Å². The molecule has 0 spiro atoms. The number of nitrogens with one attached hydrogen (secondary N) is 2. The molecular formula is C22H22N4O2. The molecule has 2 aromatic carbocycles. The van der Waals surface area contributed by atoms with Crippen molar-refractivity contribution >= 4 is 27.8 Å². The van der Waals surface area contributed by atoms with Gasteiger partial charge in [0.1, 0.15) is 0 Å². The average Bonchev–Trinajstić information content (AvgIpc) is 3.28. The Balaban J connectivity index is 1.29. The van der Waals surface area contributed by atoms with Crippen LogP contribution < -0.4 is 5.69 Å². The van der Waals surface area contributed by atoms with Crippen LogP contribution in [-0.2, 0) is 11.2 Å². The molecule has 0 atom stereocenters. The van der Waals surface area contributed by atoms with Crippen molar-refractivity contribution in [2.24, 2.45) is 0 Å². The van der Waals surface area contributed by atoms with E-state index in [0.717, 1.165) is 40.3 Å². The Hall–Kier alpha value is -3.28. The molecule has 1 aliphatic rings. The van der Waals surface area contributed by atoms with Crippen LogP contribution in [-0.4, -0.2) is 38.4 Å². The number of nitrogens with zero attached hydrogens (tertiary/aromatic N) is 2. The Kier molecular flexibility index (Phi) is 4.04. The number of H-pyrrole nitrogens is 2. The molecule has 0 bridgehead atoms. The molecule has 0 radical (unpaired) electrons. The van der Waals surface area contributed by atoms with Crippen LogP contribution in [0.5, 0.6) is 0 Å². The van der Waals surface area contributed by atoms with E-state index >= 15 is 0 Å². The van der Waals surface area contributed by atoms with E-state index in [9.17, 15) is 9.59 Å². The quantitative estimate of drug-likeness (QED) is 0.578. The number of para-hydroxylation sites is 3. The molecule has 5 rings (SSSR count). The van der Waals surface area contributed by atoms with Crippen molar-refractivity contribution in [3.05, 3.63) is 70.8 Å². The van der Waals surface area contributed by atoms with E-state index in [1.54, 1.807) is 0 Å². The summed E-state index contributed by atoms with van der Waals surface area (Å²) in [6.45, 7) is 1.36. The summed E-state index contributed by atoms with van der Waals surface area (Å²) in [6, 6.07) is 15.9. The Morgan fingerprint density at radius 1 is 1.00 bits per heavy atom. The molecule has 6 nitrogen and oxygen atoms in total. The number of amides is 1. The minimum Gasteiger partial charge on any atom is -0.361 e. The molecule has 2 N–H and O–H groups in total. The molecule has 3 heterocycles. The maximum Gasteiger partial charge on any atom is 0.326 e. The van der Waals surface area contributed by atoms with Crippen LogP contribution in [0, 0.1) is 0 Å². The van der Waals surface area contributed by atoms with Gasteiger partial charge in [-0.15, -0.1) is 0 Å². The smallest absolute Gasteiger partial charge is 0.326 e. The van der Waals surface area contributed by atoms with Crippen LogP contribution >= 0.6 is 0 Å². The van der Waals surface area contributed by atoms with Gasteiger partial charge in [0.05, 0.1) is 17.5 Å². The highest BCUT2D eigenvalue weighted by molar-refractivity contribution is 5.89. The number of rotatable bonds is 3. The molecular weight excluding hydrogens is 352 g/mol. The van der Waals surface area contributed by atoms with Gasteiger partial charge >= 0.3 is 5.69 Å². The van der Waals surface area contributed by atoms with Gasteiger partial charge in [0, 0.05) is 36.2 Å². The Labute approximate surface area is 161 Å². The molecule has 0 aliphatic carbocycles. The van der Waals surface area contributed by atoms with Crippen molar-refractivity contribution in [3.63, 3.8) is 0 Å². The number of aromatic amines is 2. The molecule has 6 heteroatoms. The lowest BCUT2D eigenvalue weighted by atomic mass is 10.0. The number of fused-ring (bicyclic) bond motifs is 2. The third kappa shape index (κ3) is 2.81. The van der Waals surface area contributed by atoms with Gasteiger partial charge in [-0.2, -0.15) is 0 Å². The fourth-order valence-electron chi connectivity index (χ4n) is 4.36. The van der Waals surface area contributed by atoms with Crippen molar-refractivity contribution in [2.75, 3.05) is 13.1 Å². The van der Waals surface area contributed by atoms with Gasteiger partial charge in [-0.05, 0) is 36.6 Å². The van der Waals surface area contributed by atoms with E-state index < -0.39 is 0 Å². The summed E-state index contributed by atoms with van der Waals surface area (Å²) in [5.41, 5.74) is 3.84. The lowest BCUT2D eigenvalue weighted by Crippen LogP contribution is -2.41. The van der Waals surface area contributed by atoms with Gasteiger partial charge in [-0.1, -0.05) is 30.3 Å². The van der Waals surface area contributed by atoms with Crippen LogP contribution in [0.4, 0.5) is 0 Å². The summed E-state index contributed by atoms with van der Waals surface area (Å²) in [4.78, 5) is 33.3. The number of piperidine rings is 1. The second-order valence-corrected chi connectivity index (χ2v) is 7.47. The monoisotopic (exact) mass is 374 g/mol. The first-order chi connectivity index (χ1) is 13.7. The zero-order chi connectivity index (χ0) is 19.1. The van der Waals surface area contributed by atoms with E-state index in [2.05, 4.69) is 9.97 Å². The number of imidazole rings is 1. The molecule has 0 unspecified atom stereocenters. The standard InChI is InChI=1S/C22H22N4O2/c27-21(13-15-14-23-18-6-2-1-5-17(15)18)25-11-9-16(10-12-25)26-20-8-4-3-7-19(20)24-22(26)28/h1-8,14,16,23H,9-13H2,(H,24,28). The third-order valence-electron chi connectivity index (χ3n) is 5.82. The van der Waals surface area contributed by atoms with Crippen molar-refractivity contribution < 1.29 is 4.79 Å². The maximum atomic E-state index is 12.8. The summed E-state index contributed by atoms with van der Waals surface area (Å²) < 4.78 is 1.86. The molecule has 28 heavy (non-hydrogen) atoms. The SMILES string of the molecule is O=C(Cc1c[nH]c2ccccc12)N1CCC(n2c(=O)[nH]c3ccccc32)CC1. The number of benzene rings is 2. The van der Waals surface area contributed by atoms with Gasteiger partial charge in [0.25, 0.3) is 0 Å². The van der Waals surface area contributed by atoms with Crippen molar-refractivity contribution in [1.82, 2.24) is 19.4 Å². The number of hydrogen-bond donors (Lipinski definition) is 2. The number of aromatic nitrogens is 3. The number of likely N-dealkylation sites (tertiary alicyclic amines) is 1. The van der Waals surface area contributed by atoms with E-state index in [0.29, 0.717) is 19.5 Å². The predicted octanol–water partition coefficient (Wildman–Crippen LogP) is 3.22. The van der Waals surface area contributed by atoms with Crippen molar-refractivity contribution in [1.29, 1.82) is 0 Å². The molecule has 0 saturated carbocycles. The van der Waals surface area contributed by atoms with Gasteiger partial charge in [-0.25, -0.2) is 4.79 Å². The summed E-state index contributed by atoms with van der Waals surface area (Å²) in [5, 5.41) is 1.11. The van der Waals surface area contributed by atoms with E-state index in [-0.39, 0.29) is 17.6 Å². The molecule has 1 saturated heterocycles. The fourth-order valence-corrected chi connectivity index (χ4v) is 4.36. The Bertz CT molecular complexity index is 1210. The summed E-state index contributed by atoms with van der Waals surface area (Å²) >= 11 is 0. The van der Waals surface area contributed by atoms with E-state index in [1.165, 1.54) is 0 Å². The first-order valence-electron chi connectivity index (χ1n) is 9.73. The molecule has 1 aliphatic heterocycles. The van der Waals surface area contributed by atoms with Gasteiger partial charge in [-0.3, -0.25) is 9.36 Å². The molecule has 1 fully saturated rings. The van der Waals surface area contributed by atoms with Crippen LogP contribution in [0.1, 0.15) is 24.4 Å². The topological polar surface area (TPSA) is 73.9 Å². The highest BCUT2D eigenvalue weighted by Gasteiger charge is 2.26. The first-order valence-corrected chi connectivity index (χ1v) is 9.73.